The fraction of sp³-hybridized carbons (Fsp3) is 0.357. The molecule has 1 saturated heterocycles. The number of amides is 1. The van der Waals surface area contributed by atoms with Gasteiger partial charge in [0.25, 0.3) is 0 Å². The van der Waals surface area contributed by atoms with Crippen LogP contribution in [0, 0.1) is 5.82 Å². The maximum absolute atomic E-state index is 13.7. The van der Waals surface area contributed by atoms with Crippen molar-refractivity contribution in [1.82, 2.24) is 20.1 Å². The topological polar surface area (TPSA) is 65.1 Å². The van der Waals surface area contributed by atoms with Crippen LogP contribution in [0.4, 0.5) is 10.1 Å². The van der Waals surface area contributed by atoms with E-state index in [1.165, 1.54) is 12.4 Å². The van der Waals surface area contributed by atoms with Crippen molar-refractivity contribution < 1.29 is 9.18 Å². The third-order valence-corrected chi connectivity index (χ3v) is 3.61. The summed E-state index contributed by atoms with van der Waals surface area (Å²) in [5.41, 5.74) is 0.597. The van der Waals surface area contributed by atoms with Crippen molar-refractivity contribution in [3.05, 3.63) is 42.2 Å². The zero-order valence-electron chi connectivity index (χ0n) is 11.5. The number of nitrogens with zero attached hydrogens (tertiary/aromatic N) is 4. The first kappa shape index (κ1) is 13.5. The number of H-pyrrole nitrogens is 1. The number of carbonyl (C=O) groups excluding carboxylic acids is 1. The third kappa shape index (κ3) is 3.01. The molecular weight excluding hydrogens is 273 g/mol. The number of piperazine rings is 1. The Morgan fingerprint density at radius 3 is 2.67 bits per heavy atom. The summed E-state index contributed by atoms with van der Waals surface area (Å²) in [6.07, 6.45) is 1.61. The van der Waals surface area contributed by atoms with E-state index in [1.54, 1.807) is 17.0 Å². The van der Waals surface area contributed by atoms with E-state index in [1.807, 2.05) is 11.0 Å². The number of nitrogens with one attached hydrogen (secondary N) is 1. The van der Waals surface area contributed by atoms with E-state index >= 15 is 0 Å². The number of hydrogen-bond acceptors (Lipinski definition) is 4. The normalized spacial score (nSPS) is 15.3. The van der Waals surface area contributed by atoms with Gasteiger partial charge in [0.15, 0.2) is 0 Å². The predicted octanol–water partition coefficient (Wildman–Crippen LogP) is 0.835. The number of rotatable bonds is 3. The van der Waals surface area contributed by atoms with Crippen molar-refractivity contribution in [3.8, 4) is 0 Å². The summed E-state index contributed by atoms with van der Waals surface area (Å²) >= 11 is 0. The van der Waals surface area contributed by atoms with E-state index < -0.39 is 0 Å². The van der Waals surface area contributed by atoms with Gasteiger partial charge in [0.2, 0.25) is 5.91 Å². The summed E-state index contributed by atoms with van der Waals surface area (Å²) in [5, 5.41) is 6.41. The fourth-order valence-electron chi connectivity index (χ4n) is 2.48. The first-order valence-corrected chi connectivity index (χ1v) is 6.85. The smallest absolute Gasteiger partial charge is 0.230 e. The summed E-state index contributed by atoms with van der Waals surface area (Å²) in [5.74, 6) is 0.357. The Labute approximate surface area is 121 Å². The zero-order chi connectivity index (χ0) is 14.7. The van der Waals surface area contributed by atoms with Crippen molar-refractivity contribution in [2.75, 3.05) is 31.1 Å². The third-order valence-electron chi connectivity index (χ3n) is 3.61. The largest absolute Gasteiger partial charge is 0.366 e. The highest BCUT2D eigenvalue weighted by Gasteiger charge is 2.23. The molecule has 1 aliphatic rings. The maximum Gasteiger partial charge on any atom is 0.230 e. The molecule has 2 heterocycles. The zero-order valence-corrected chi connectivity index (χ0v) is 11.5. The predicted molar refractivity (Wildman–Crippen MR) is 75.3 cm³/mol. The average Bonchev–Trinajstić information content (AvgIpc) is 3.01. The van der Waals surface area contributed by atoms with E-state index in [4.69, 9.17) is 0 Å². The van der Waals surface area contributed by atoms with Crippen LogP contribution in [0.15, 0.2) is 30.6 Å². The first-order valence-electron chi connectivity index (χ1n) is 6.85. The molecule has 7 heteroatoms. The highest BCUT2D eigenvalue weighted by molar-refractivity contribution is 5.78. The monoisotopic (exact) mass is 289 g/mol. The molecule has 1 amide bonds. The molecule has 0 aliphatic carbocycles. The van der Waals surface area contributed by atoms with E-state index in [9.17, 15) is 9.18 Å². The lowest BCUT2D eigenvalue weighted by Crippen LogP contribution is -2.49. The fourth-order valence-corrected chi connectivity index (χ4v) is 2.48. The van der Waals surface area contributed by atoms with Gasteiger partial charge in [-0.25, -0.2) is 9.37 Å². The quantitative estimate of drug-likeness (QED) is 0.909. The lowest BCUT2D eigenvalue weighted by molar-refractivity contribution is -0.130. The Morgan fingerprint density at radius 1 is 1.24 bits per heavy atom. The second-order valence-corrected chi connectivity index (χ2v) is 4.93. The van der Waals surface area contributed by atoms with Crippen LogP contribution in [0.1, 0.15) is 5.82 Å². The lowest BCUT2D eigenvalue weighted by Gasteiger charge is -2.36. The van der Waals surface area contributed by atoms with Gasteiger partial charge in [-0.1, -0.05) is 12.1 Å². The number of carbonyl (C=O) groups is 1. The molecule has 1 aromatic carbocycles. The van der Waals surface area contributed by atoms with Gasteiger partial charge in [-0.15, -0.1) is 0 Å². The van der Waals surface area contributed by atoms with E-state index in [0.29, 0.717) is 37.7 Å². The second-order valence-electron chi connectivity index (χ2n) is 4.93. The van der Waals surface area contributed by atoms with Crippen LogP contribution in [0.5, 0.6) is 0 Å². The van der Waals surface area contributed by atoms with Crippen LogP contribution >= 0.6 is 0 Å². The van der Waals surface area contributed by atoms with E-state index in [2.05, 4.69) is 15.2 Å². The molecule has 110 valence electrons. The summed E-state index contributed by atoms with van der Waals surface area (Å²) in [6.45, 7) is 2.43. The second kappa shape index (κ2) is 5.90. The molecule has 0 unspecified atom stereocenters. The summed E-state index contributed by atoms with van der Waals surface area (Å²) < 4.78 is 13.7. The molecule has 1 fully saturated rings. The van der Waals surface area contributed by atoms with Crippen LogP contribution < -0.4 is 4.90 Å². The Hall–Kier alpha value is -2.44. The van der Waals surface area contributed by atoms with Crippen molar-refractivity contribution >= 4 is 11.6 Å². The Bertz CT molecular complexity index is 608. The molecule has 21 heavy (non-hydrogen) atoms. The van der Waals surface area contributed by atoms with Crippen LogP contribution in [0.25, 0.3) is 0 Å². The molecule has 0 radical (unpaired) electrons. The lowest BCUT2D eigenvalue weighted by atomic mass is 10.2. The minimum atomic E-state index is -0.223. The minimum absolute atomic E-state index is 0.0138. The van der Waals surface area contributed by atoms with Gasteiger partial charge in [0, 0.05) is 26.2 Å². The van der Waals surface area contributed by atoms with Crippen molar-refractivity contribution in [3.63, 3.8) is 0 Å². The molecule has 1 aromatic heterocycles. The number of benzene rings is 1. The number of aromatic nitrogens is 3. The maximum atomic E-state index is 13.7. The van der Waals surface area contributed by atoms with Gasteiger partial charge in [-0.05, 0) is 12.1 Å². The van der Waals surface area contributed by atoms with Crippen LogP contribution in [-0.2, 0) is 11.2 Å². The molecule has 1 aliphatic heterocycles. The van der Waals surface area contributed by atoms with Crippen LogP contribution in [0.3, 0.4) is 0 Å². The van der Waals surface area contributed by atoms with Gasteiger partial charge < -0.3 is 9.80 Å². The summed E-state index contributed by atoms with van der Waals surface area (Å²) in [6, 6.07) is 6.72. The Balaban J connectivity index is 1.58. The van der Waals surface area contributed by atoms with Crippen LogP contribution in [0.2, 0.25) is 0 Å². The summed E-state index contributed by atoms with van der Waals surface area (Å²) in [4.78, 5) is 19.8. The molecular formula is C14H16FN5O. The molecule has 0 saturated carbocycles. The highest BCUT2D eigenvalue weighted by atomic mass is 19.1. The van der Waals surface area contributed by atoms with Crippen molar-refractivity contribution in [2.24, 2.45) is 0 Å². The molecule has 2 aromatic rings. The van der Waals surface area contributed by atoms with Crippen molar-refractivity contribution in [2.45, 2.75) is 6.42 Å². The van der Waals surface area contributed by atoms with Gasteiger partial charge in [0.1, 0.15) is 18.0 Å². The van der Waals surface area contributed by atoms with Crippen molar-refractivity contribution in [1.29, 1.82) is 0 Å². The number of anilines is 1. The first-order chi connectivity index (χ1) is 10.2. The molecule has 0 atom stereocenters. The standard InChI is InChI=1S/C14H16FN5O/c15-11-3-1-2-4-12(11)19-5-7-20(8-6-19)14(21)9-13-16-10-17-18-13/h1-4,10H,5-9H2,(H,16,17,18). The average molecular weight is 289 g/mol. The van der Waals surface area contributed by atoms with E-state index in [-0.39, 0.29) is 18.1 Å². The van der Waals surface area contributed by atoms with Gasteiger partial charge in [-0.2, -0.15) is 5.10 Å². The molecule has 1 N–H and O–H groups in total. The molecule has 6 nitrogen and oxygen atoms in total. The van der Waals surface area contributed by atoms with Gasteiger partial charge >= 0.3 is 0 Å². The van der Waals surface area contributed by atoms with E-state index in [0.717, 1.165) is 0 Å². The Morgan fingerprint density at radius 2 is 2.00 bits per heavy atom. The number of halogens is 1. The number of para-hydroxylation sites is 1. The highest BCUT2D eigenvalue weighted by Crippen LogP contribution is 2.20. The Kier molecular flexibility index (Phi) is 3.81. The minimum Gasteiger partial charge on any atom is -0.366 e. The number of aromatic amines is 1. The van der Waals surface area contributed by atoms with Crippen LogP contribution in [-0.4, -0.2) is 52.2 Å². The number of hydrogen-bond donors (Lipinski definition) is 1. The van der Waals surface area contributed by atoms with Gasteiger partial charge in [0.05, 0.1) is 12.1 Å². The summed E-state index contributed by atoms with van der Waals surface area (Å²) in [7, 11) is 0. The van der Waals surface area contributed by atoms with Gasteiger partial charge in [-0.3, -0.25) is 9.89 Å². The molecule has 0 bridgehead atoms. The molecule has 0 spiro atoms. The SMILES string of the molecule is O=C(Cc1ncn[nH]1)N1CCN(c2ccccc2F)CC1. The molecule has 3 rings (SSSR count).